The van der Waals surface area contributed by atoms with Crippen molar-refractivity contribution < 1.29 is 30.1 Å². The van der Waals surface area contributed by atoms with Gasteiger partial charge in [0.15, 0.2) is 11.6 Å². The number of nitrogens with zero attached hydrogens (tertiary/aromatic N) is 3. The molecule has 0 saturated heterocycles. The van der Waals surface area contributed by atoms with Crippen molar-refractivity contribution in [2.24, 2.45) is 0 Å². The molecule has 0 spiro atoms. The van der Waals surface area contributed by atoms with Crippen LogP contribution >= 0.6 is 0 Å². The summed E-state index contributed by atoms with van der Waals surface area (Å²) in [4.78, 5) is 42.2. The van der Waals surface area contributed by atoms with Gasteiger partial charge in [-0.1, -0.05) is 12.1 Å². The normalized spacial score (nSPS) is 9.72. The fraction of sp³-hybridized carbons (Fsp3) is 0.0800. The number of nitrogens with one attached hydrogen (secondary N) is 2. The average Bonchev–Trinajstić information content (AvgIpc) is 2.85. The molecule has 0 radical (unpaired) electrons. The van der Waals surface area contributed by atoms with Crippen molar-refractivity contribution in [2.75, 3.05) is 24.7 Å². The summed E-state index contributed by atoms with van der Waals surface area (Å²) in [5.74, 6) is -1.11. The minimum atomic E-state index is -1.00. The number of carboxylic acids is 2. The highest BCUT2D eigenvalue weighted by molar-refractivity contribution is 5.89. The van der Waals surface area contributed by atoms with Crippen LogP contribution in [0.15, 0.2) is 72.8 Å². The summed E-state index contributed by atoms with van der Waals surface area (Å²) in [5.41, 5.74) is 3.04. The molecule has 0 bridgehead atoms. The van der Waals surface area contributed by atoms with E-state index < -0.39 is 11.9 Å². The van der Waals surface area contributed by atoms with Crippen LogP contribution in [0.5, 0.6) is 0 Å². The molecule has 4 rings (SSSR count). The Hall–Kier alpha value is -5.03. The van der Waals surface area contributed by atoms with Gasteiger partial charge in [0.05, 0.1) is 22.2 Å². The summed E-state index contributed by atoms with van der Waals surface area (Å²) in [6, 6.07) is 20.0. The zero-order valence-electron chi connectivity index (χ0n) is 19.5. The van der Waals surface area contributed by atoms with Gasteiger partial charge in [0.25, 0.3) is 0 Å². The molecular formula is C25H25N5O6. The third-order valence-corrected chi connectivity index (χ3v) is 4.57. The number of para-hydroxylation sites is 2. The topological polar surface area (TPSA) is 176 Å². The average molecular weight is 492 g/mol. The van der Waals surface area contributed by atoms with E-state index in [-0.39, 0.29) is 16.6 Å². The summed E-state index contributed by atoms with van der Waals surface area (Å²) in [7, 11) is 3.38. The first-order valence-corrected chi connectivity index (χ1v) is 10.4. The van der Waals surface area contributed by atoms with Crippen LogP contribution in [0.1, 0.15) is 20.7 Å². The molecule has 0 unspecified atom stereocenters. The number of aromatic nitrogens is 2. The molecule has 0 aliphatic heterocycles. The second-order valence-electron chi connectivity index (χ2n) is 7.49. The van der Waals surface area contributed by atoms with Gasteiger partial charge < -0.3 is 31.2 Å². The SMILES string of the molecule is CN(C)C=O.O.O=C(O)c1ccc(Nc2nc3ccccc3nc2Nc2ccc(C(=O)O)cc2)cc1. The molecule has 1 amide bonds. The Kier molecular flexibility index (Phi) is 9.40. The first-order chi connectivity index (χ1) is 16.8. The molecule has 0 fully saturated rings. The van der Waals surface area contributed by atoms with Crippen LogP contribution in [-0.2, 0) is 4.79 Å². The smallest absolute Gasteiger partial charge is 0.335 e. The third-order valence-electron chi connectivity index (χ3n) is 4.57. The molecule has 1 heterocycles. The van der Waals surface area contributed by atoms with E-state index in [4.69, 9.17) is 10.2 Å². The first kappa shape index (κ1) is 27.2. The van der Waals surface area contributed by atoms with Gasteiger partial charge in [-0.15, -0.1) is 0 Å². The molecule has 0 aliphatic carbocycles. The van der Waals surface area contributed by atoms with Crippen LogP contribution in [0.4, 0.5) is 23.0 Å². The minimum Gasteiger partial charge on any atom is -0.478 e. The van der Waals surface area contributed by atoms with Gasteiger partial charge in [0, 0.05) is 25.5 Å². The van der Waals surface area contributed by atoms with E-state index in [0.29, 0.717) is 34.0 Å². The standard InChI is InChI=1S/C22H16N4O4.C3H7NO.H2O/c27-21(28)13-5-9-15(10-6-13)23-19-20(26-18-4-2-1-3-17(18)25-19)24-16-11-7-14(8-12-16)22(29)30;1-4(2)3-5;/h1-12H,(H,23,25)(H,24,26)(H,27,28)(H,29,30);3H,1-2H3;1H2. The van der Waals surface area contributed by atoms with Gasteiger partial charge in [0.2, 0.25) is 6.41 Å². The lowest BCUT2D eigenvalue weighted by molar-refractivity contribution is -0.115. The fourth-order valence-corrected chi connectivity index (χ4v) is 2.84. The number of anilines is 4. The number of fused-ring (bicyclic) bond motifs is 1. The number of carbonyl (C=O) groups is 3. The zero-order chi connectivity index (χ0) is 25.4. The molecule has 1 aromatic heterocycles. The molecule has 6 N–H and O–H groups in total. The largest absolute Gasteiger partial charge is 0.478 e. The first-order valence-electron chi connectivity index (χ1n) is 10.4. The van der Waals surface area contributed by atoms with E-state index >= 15 is 0 Å². The van der Waals surface area contributed by atoms with Crippen molar-refractivity contribution in [3.8, 4) is 0 Å². The Labute approximate surface area is 206 Å². The number of hydrogen-bond acceptors (Lipinski definition) is 7. The van der Waals surface area contributed by atoms with Crippen molar-refractivity contribution >= 4 is 52.4 Å². The zero-order valence-corrected chi connectivity index (χ0v) is 19.5. The summed E-state index contributed by atoms with van der Waals surface area (Å²) >= 11 is 0. The quantitative estimate of drug-likeness (QED) is 0.282. The number of rotatable bonds is 7. The van der Waals surface area contributed by atoms with Crippen molar-refractivity contribution in [2.45, 2.75) is 0 Å². The maximum atomic E-state index is 11.1. The van der Waals surface area contributed by atoms with Crippen LogP contribution in [0, 0.1) is 0 Å². The van der Waals surface area contributed by atoms with Gasteiger partial charge >= 0.3 is 11.9 Å². The number of hydrogen-bond donors (Lipinski definition) is 4. The van der Waals surface area contributed by atoms with E-state index in [0.717, 1.165) is 6.41 Å². The highest BCUT2D eigenvalue weighted by Gasteiger charge is 2.11. The second-order valence-corrected chi connectivity index (χ2v) is 7.49. The molecule has 0 saturated carbocycles. The third kappa shape index (κ3) is 7.23. The predicted molar refractivity (Wildman–Crippen MR) is 136 cm³/mol. The van der Waals surface area contributed by atoms with Gasteiger partial charge in [0.1, 0.15) is 0 Å². The van der Waals surface area contributed by atoms with E-state index in [9.17, 15) is 14.4 Å². The summed E-state index contributed by atoms with van der Waals surface area (Å²) in [6.07, 6.45) is 0.750. The summed E-state index contributed by atoms with van der Waals surface area (Å²) < 4.78 is 0. The van der Waals surface area contributed by atoms with Crippen LogP contribution < -0.4 is 10.6 Å². The van der Waals surface area contributed by atoms with Crippen LogP contribution in [0.25, 0.3) is 11.0 Å². The molecule has 36 heavy (non-hydrogen) atoms. The summed E-state index contributed by atoms with van der Waals surface area (Å²) in [6.45, 7) is 0. The number of aromatic carboxylic acids is 2. The lowest BCUT2D eigenvalue weighted by atomic mass is 10.2. The maximum Gasteiger partial charge on any atom is 0.335 e. The van der Waals surface area contributed by atoms with Gasteiger partial charge in [-0.2, -0.15) is 0 Å². The Morgan fingerprint density at radius 2 is 1.06 bits per heavy atom. The molecule has 186 valence electrons. The van der Waals surface area contributed by atoms with Crippen molar-refractivity contribution in [1.82, 2.24) is 14.9 Å². The molecular weight excluding hydrogens is 466 g/mol. The second kappa shape index (κ2) is 12.4. The van der Waals surface area contributed by atoms with Crippen molar-refractivity contribution in [1.29, 1.82) is 0 Å². The highest BCUT2D eigenvalue weighted by atomic mass is 16.4. The fourth-order valence-electron chi connectivity index (χ4n) is 2.84. The van der Waals surface area contributed by atoms with Crippen LogP contribution in [0.3, 0.4) is 0 Å². The Morgan fingerprint density at radius 3 is 1.33 bits per heavy atom. The Morgan fingerprint density at radius 1 is 0.722 bits per heavy atom. The van der Waals surface area contributed by atoms with Crippen molar-refractivity contribution in [3.63, 3.8) is 0 Å². The maximum absolute atomic E-state index is 11.1. The lowest BCUT2D eigenvalue weighted by Crippen LogP contribution is -2.06. The van der Waals surface area contributed by atoms with Gasteiger partial charge in [-0.3, -0.25) is 4.79 Å². The van der Waals surface area contributed by atoms with Crippen LogP contribution in [-0.4, -0.2) is 63.0 Å². The predicted octanol–water partition coefficient (Wildman–Crippen LogP) is 3.39. The van der Waals surface area contributed by atoms with E-state index in [1.807, 2.05) is 24.3 Å². The molecule has 0 atom stereocenters. The molecule has 3 aromatic carbocycles. The minimum absolute atomic E-state index is 0. The Balaban J connectivity index is 0.000000694. The van der Waals surface area contributed by atoms with Gasteiger partial charge in [-0.05, 0) is 60.7 Å². The molecule has 0 aliphatic rings. The number of carboxylic acid groups (broad SMARTS) is 2. The van der Waals surface area contributed by atoms with Crippen molar-refractivity contribution in [3.05, 3.63) is 83.9 Å². The Bertz CT molecular complexity index is 1240. The number of amides is 1. The number of benzene rings is 3. The molecule has 4 aromatic rings. The van der Waals surface area contributed by atoms with E-state index in [1.165, 1.54) is 29.2 Å². The number of carbonyl (C=O) groups excluding carboxylic acids is 1. The van der Waals surface area contributed by atoms with E-state index in [1.54, 1.807) is 38.4 Å². The molecule has 11 heteroatoms. The molecule has 11 nitrogen and oxygen atoms in total. The highest BCUT2D eigenvalue weighted by Crippen LogP contribution is 2.28. The van der Waals surface area contributed by atoms with Gasteiger partial charge in [-0.25, -0.2) is 19.6 Å². The van der Waals surface area contributed by atoms with Crippen LogP contribution in [0.2, 0.25) is 0 Å². The monoisotopic (exact) mass is 491 g/mol. The lowest BCUT2D eigenvalue weighted by Gasteiger charge is -2.14. The van der Waals surface area contributed by atoms with E-state index in [2.05, 4.69) is 20.6 Å². The summed E-state index contributed by atoms with van der Waals surface area (Å²) in [5, 5.41) is 24.4.